The molecule has 46 heavy (non-hydrogen) atoms. The van der Waals surface area contributed by atoms with Crippen molar-refractivity contribution >= 4 is 23.9 Å². The number of rotatable bonds is 4. The summed E-state index contributed by atoms with van der Waals surface area (Å²) in [6, 6.07) is 13.1. The van der Waals surface area contributed by atoms with E-state index in [-0.39, 0.29) is 53.2 Å². The molecular formula is C42H62O3Se. The average molecular weight is 694 g/mol. The molecule has 0 saturated heterocycles. The van der Waals surface area contributed by atoms with E-state index in [4.69, 9.17) is 4.74 Å². The topological polar surface area (TPSA) is 49.7 Å². The molecule has 0 unspecified atom stereocenters. The van der Waals surface area contributed by atoms with Gasteiger partial charge in [0.1, 0.15) is 0 Å². The Hall–Kier alpha value is -2.42. The molecule has 0 bridgehead atoms. The number of phenols is 2. The number of hydrogen-bond donors (Lipinski definition) is 2. The summed E-state index contributed by atoms with van der Waals surface area (Å²) in [6.45, 7) is 39.5. The van der Waals surface area contributed by atoms with Crippen LogP contribution in [0.5, 0.6) is 23.0 Å². The predicted molar refractivity (Wildman–Crippen MR) is 200 cm³/mol. The van der Waals surface area contributed by atoms with Gasteiger partial charge in [-0.2, -0.15) is 0 Å². The molecule has 2 N–H and O–H groups in total. The fraction of sp³-hybridized carbons (Fsp3) is 0.571. The van der Waals surface area contributed by atoms with Crippen LogP contribution < -0.4 is 13.7 Å². The van der Waals surface area contributed by atoms with Gasteiger partial charge in [0, 0.05) is 0 Å². The second-order valence-corrected chi connectivity index (χ2v) is 21.6. The molecule has 0 spiro atoms. The molecule has 3 aromatic rings. The summed E-state index contributed by atoms with van der Waals surface area (Å²) < 4.78 is 9.04. The second-order valence-electron chi connectivity index (χ2n) is 19.3. The number of benzene rings is 3. The van der Waals surface area contributed by atoms with E-state index in [9.17, 15) is 10.2 Å². The van der Waals surface area contributed by atoms with Crippen molar-refractivity contribution in [3.8, 4) is 23.0 Å². The van der Waals surface area contributed by atoms with Crippen LogP contribution >= 0.6 is 0 Å². The molecule has 4 heteroatoms. The van der Waals surface area contributed by atoms with Crippen molar-refractivity contribution in [3.05, 3.63) is 69.8 Å². The summed E-state index contributed by atoms with van der Waals surface area (Å²) in [5.41, 5.74) is 5.44. The first-order valence-corrected chi connectivity index (χ1v) is 18.4. The van der Waals surface area contributed by atoms with Crippen LogP contribution in [0.1, 0.15) is 158 Å². The summed E-state index contributed by atoms with van der Waals surface area (Å²) in [5.74, 6) is 1.81. The zero-order valence-electron chi connectivity index (χ0n) is 32.2. The molecule has 0 aliphatic rings. The van der Waals surface area contributed by atoms with Crippen molar-refractivity contribution in [2.24, 2.45) is 0 Å². The van der Waals surface area contributed by atoms with Gasteiger partial charge >= 0.3 is 289 Å². The molecule has 0 aromatic heterocycles. The average Bonchev–Trinajstić information content (AvgIpc) is 2.82. The Kier molecular flexibility index (Phi) is 10.1. The van der Waals surface area contributed by atoms with Gasteiger partial charge in [-0.05, 0) is 0 Å². The van der Waals surface area contributed by atoms with E-state index in [1.54, 1.807) is 0 Å². The zero-order valence-corrected chi connectivity index (χ0v) is 33.9. The monoisotopic (exact) mass is 694 g/mol. The van der Waals surface area contributed by atoms with E-state index >= 15 is 0 Å². The van der Waals surface area contributed by atoms with E-state index in [1.807, 2.05) is 6.07 Å². The second kappa shape index (κ2) is 12.2. The van der Waals surface area contributed by atoms with Crippen LogP contribution in [-0.2, 0) is 32.5 Å². The normalized spacial score (nSPS) is 13.7. The first kappa shape index (κ1) is 38.0. The van der Waals surface area contributed by atoms with Gasteiger partial charge in [0.05, 0.1) is 0 Å². The third kappa shape index (κ3) is 8.53. The van der Waals surface area contributed by atoms with E-state index in [1.165, 1.54) is 11.1 Å². The first-order valence-electron chi connectivity index (χ1n) is 16.7. The van der Waals surface area contributed by atoms with Crippen LogP contribution in [0.4, 0.5) is 0 Å². The quantitative estimate of drug-likeness (QED) is 0.268. The van der Waals surface area contributed by atoms with Crippen molar-refractivity contribution in [1.29, 1.82) is 0 Å². The van der Waals surface area contributed by atoms with E-state index in [0.717, 1.165) is 36.9 Å². The SMILES string of the molecule is CC(C)(C)c1cc(Oc2c([Se]c3cc(C(C)(C)C)cc(C(C)(C)C)c3O)cc(C(C)(C)C)cc2C(C)(C)C)c(O)c(C(C)(C)C)c1. The minimum absolute atomic E-state index is 0.0791. The van der Waals surface area contributed by atoms with Crippen LogP contribution in [0, 0.1) is 0 Å². The van der Waals surface area contributed by atoms with Gasteiger partial charge in [0.15, 0.2) is 0 Å². The number of phenolic OH excluding ortho intramolecular Hbond substituents is 2. The molecule has 3 nitrogen and oxygen atoms in total. The summed E-state index contributed by atoms with van der Waals surface area (Å²) in [5, 5.41) is 23.6. The molecule has 0 atom stereocenters. The number of ether oxygens (including phenoxy) is 1. The molecule has 3 rings (SSSR count). The maximum absolute atomic E-state index is 11.8. The molecule has 0 radical (unpaired) electrons. The van der Waals surface area contributed by atoms with Crippen molar-refractivity contribution < 1.29 is 14.9 Å². The molecule has 0 aliphatic heterocycles. The van der Waals surface area contributed by atoms with Crippen molar-refractivity contribution in [2.75, 3.05) is 0 Å². The van der Waals surface area contributed by atoms with E-state index < -0.39 is 0 Å². The van der Waals surface area contributed by atoms with Gasteiger partial charge in [-0.15, -0.1) is 0 Å². The fourth-order valence-corrected chi connectivity index (χ4v) is 7.61. The van der Waals surface area contributed by atoms with Crippen LogP contribution in [0.25, 0.3) is 0 Å². The van der Waals surface area contributed by atoms with Gasteiger partial charge in [0.25, 0.3) is 0 Å². The predicted octanol–water partition coefficient (Wildman–Crippen LogP) is 10.3. The number of hydrogen-bond acceptors (Lipinski definition) is 3. The molecular weight excluding hydrogens is 631 g/mol. The molecule has 0 heterocycles. The van der Waals surface area contributed by atoms with Crippen molar-refractivity contribution in [3.63, 3.8) is 0 Å². The van der Waals surface area contributed by atoms with E-state index in [2.05, 4.69) is 155 Å². The molecule has 3 aromatic carbocycles. The maximum atomic E-state index is 11.8. The Labute approximate surface area is 287 Å². The summed E-state index contributed by atoms with van der Waals surface area (Å²) in [6.07, 6.45) is 0. The van der Waals surface area contributed by atoms with Gasteiger partial charge in [-0.1, -0.05) is 0 Å². The Morgan fingerprint density at radius 1 is 0.413 bits per heavy atom. The third-order valence-electron chi connectivity index (χ3n) is 8.66. The molecule has 254 valence electrons. The first-order chi connectivity index (χ1) is 20.4. The third-order valence-corrected chi connectivity index (χ3v) is 10.9. The fourth-order valence-electron chi connectivity index (χ4n) is 5.38. The molecule has 0 saturated carbocycles. The number of aromatic hydroxyl groups is 2. The molecule has 0 aliphatic carbocycles. The van der Waals surface area contributed by atoms with Crippen LogP contribution in [-0.4, -0.2) is 25.2 Å². The van der Waals surface area contributed by atoms with Gasteiger partial charge in [-0.25, -0.2) is 0 Å². The Morgan fingerprint density at radius 2 is 0.761 bits per heavy atom. The summed E-state index contributed by atoms with van der Waals surface area (Å²) >= 11 is -0.300. The molecule has 0 fully saturated rings. The van der Waals surface area contributed by atoms with Crippen molar-refractivity contribution in [1.82, 2.24) is 0 Å². The van der Waals surface area contributed by atoms with Crippen molar-refractivity contribution in [2.45, 2.75) is 157 Å². The van der Waals surface area contributed by atoms with Crippen LogP contribution in [0.2, 0.25) is 0 Å². The standard InChI is InChI=1S/C42H62O3Se/c1-37(2,3)25-19-28(40(10,11)12)34(43)31(22-25)45-36-30(42(16,17)18)21-27(39(7,8)9)24-33(36)46-32-23-26(38(4,5)6)20-29(35(32)44)41(13,14)15/h19-24,43-44H,1-18H3. The van der Waals surface area contributed by atoms with E-state index in [0.29, 0.717) is 11.5 Å². The van der Waals surface area contributed by atoms with Crippen LogP contribution in [0.15, 0.2) is 36.4 Å². The van der Waals surface area contributed by atoms with Crippen LogP contribution in [0.3, 0.4) is 0 Å². The summed E-state index contributed by atoms with van der Waals surface area (Å²) in [7, 11) is 0. The molecule has 0 amide bonds. The minimum atomic E-state index is -0.300. The summed E-state index contributed by atoms with van der Waals surface area (Å²) in [4.78, 5) is 0. The Bertz CT molecular complexity index is 1590. The Morgan fingerprint density at radius 3 is 1.15 bits per heavy atom. The Balaban J connectivity index is 2.47. The van der Waals surface area contributed by atoms with Gasteiger partial charge in [-0.3, -0.25) is 0 Å². The van der Waals surface area contributed by atoms with Gasteiger partial charge in [0.2, 0.25) is 0 Å². The zero-order chi connectivity index (χ0) is 35.6. The van der Waals surface area contributed by atoms with Gasteiger partial charge < -0.3 is 0 Å².